The van der Waals surface area contributed by atoms with Gasteiger partial charge in [-0.3, -0.25) is 14.6 Å². The Kier molecular flexibility index (Phi) is 8.77. The first-order valence-corrected chi connectivity index (χ1v) is 8.64. The Labute approximate surface area is 180 Å². The molecule has 2 aromatic heterocycles. The fourth-order valence-electron chi connectivity index (χ4n) is 2.48. The van der Waals surface area contributed by atoms with Gasteiger partial charge in [-0.2, -0.15) is 26.3 Å². The Bertz CT molecular complexity index is 962. The molecule has 0 saturated carbocycles. The summed E-state index contributed by atoms with van der Waals surface area (Å²) in [6.45, 7) is 1.04. The number of amides is 2. The number of fused-ring (bicyclic) bond motifs is 1. The number of aromatic amines is 1. The van der Waals surface area contributed by atoms with Gasteiger partial charge in [0, 0.05) is 23.8 Å². The lowest BCUT2D eigenvalue weighted by Crippen LogP contribution is -2.33. The van der Waals surface area contributed by atoms with E-state index in [0.29, 0.717) is 19.5 Å². The maximum atomic E-state index is 12.0. The van der Waals surface area contributed by atoms with Gasteiger partial charge < -0.3 is 25.8 Å². The van der Waals surface area contributed by atoms with Crippen LogP contribution < -0.4 is 5.73 Å². The summed E-state index contributed by atoms with van der Waals surface area (Å²) in [6.07, 6.45) is -6.18. The van der Waals surface area contributed by atoms with E-state index in [1.165, 1.54) is 0 Å². The number of nitrogens with one attached hydrogen (secondary N) is 1. The number of primary amides is 1. The standard InChI is InChI=1S/C13H14N4O2.2C2HF3O2/c14-12(18)10-2-4-17(13(10)19)7-9-5-8-1-3-15-6-11(8)16-9;2*3-2(4,5)1(6)7/h1,3,5-6,10,16H,2,4,7H2,(H2,14,18);2*(H,6,7)/t10-;;/m0../s1. The molecule has 3 rings (SSSR count). The van der Waals surface area contributed by atoms with Gasteiger partial charge in [0.15, 0.2) is 0 Å². The van der Waals surface area contributed by atoms with Gasteiger partial charge in [-0.05, 0) is 18.6 Å². The summed E-state index contributed by atoms with van der Waals surface area (Å²) in [5.41, 5.74) is 7.07. The van der Waals surface area contributed by atoms with E-state index in [4.69, 9.17) is 25.5 Å². The number of aromatic nitrogens is 2. The van der Waals surface area contributed by atoms with E-state index < -0.39 is 36.1 Å². The monoisotopic (exact) mass is 486 g/mol. The second-order valence-electron chi connectivity index (χ2n) is 6.37. The number of carboxylic acids is 2. The number of hydrogen-bond donors (Lipinski definition) is 4. The molecule has 1 saturated heterocycles. The zero-order valence-corrected chi connectivity index (χ0v) is 16.3. The summed E-state index contributed by atoms with van der Waals surface area (Å²) in [4.78, 5) is 49.8. The molecule has 0 unspecified atom stereocenters. The molecule has 2 aromatic rings. The fraction of sp³-hybridized carbons (Fsp3) is 0.353. The van der Waals surface area contributed by atoms with Crippen molar-refractivity contribution in [2.75, 3.05) is 6.54 Å². The minimum absolute atomic E-state index is 0.177. The van der Waals surface area contributed by atoms with Crippen LogP contribution in [0, 0.1) is 5.92 Å². The van der Waals surface area contributed by atoms with Crippen molar-refractivity contribution in [3.8, 4) is 0 Å². The van der Waals surface area contributed by atoms with Crippen molar-refractivity contribution >= 4 is 34.7 Å². The molecule has 0 aromatic carbocycles. The predicted molar refractivity (Wildman–Crippen MR) is 96.2 cm³/mol. The highest BCUT2D eigenvalue weighted by Crippen LogP contribution is 2.21. The van der Waals surface area contributed by atoms with Crippen molar-refractivity contribution in [1.82, 2.24) is 14.9 Å². The lowest BCUT2D eigenvalue weighted by Gasteiger charge is -2.14. The number of pyridine rings is 1. The first kappa shape index (κ1) is 27.2. The van der Waals surface area contributed by atoms with Crippen molar-refractivity contribution in [3.63, 3.8) is 0 Å². The molecule has 1 fully saturated rings. The maximum absolute atomic E-state index is 12.0. The van der Waals surface area contributed by atoms with Gasteiger partial charge >= 0.3 is 24.3 Å². The molecule has 1 aliphatic rings. The molecule has 5 N–H and O–H groups in total. The molecule has 0 aliphatic carbocycles. The average molecular weight is 486 g/mol. The summed E-state index contributed by atoms with van der Waals surface area (Å²) in [5.74, 6) is -6.89. The molecular weight excluding hydrogens is 470 g/mol. The van der Waals surface area contributed by atoms with Gasteiger partial charge in [0.2, 0.25) is 11.8 Å². The number of halogens is 6. The number of nitrogens with two attached hydrogens (primary N) is 1. The molecule has 3 heterocycles. The first-order valence-electron chi connectivity index (χ1n) is 8.64. The van der Waals surface area contributed by atoms with E-state index in [1.54, 1.807) is 17.3 Å². The van der Waals surface area contributed by atoms with Gasteiger partial charge in [0.25, 0.3) is 0 Å². The highest BCUT2D eigenvalue weighted by Gasteiger charge is 2.39. The van der Waals surface area contributed by atoms with Crippen LogP contribution in [0.4, 0.5) is 26.3 Å². The first-order chi connectivity index (χ1) is 15.0. The van der Waals surface area contributed by atoms with Crippen LogP contribution in [0.3, 0.4) is 0 Å². The van der Waals surface area contributed by atoms with Crippen LogP contribution in [0.2, 0.25) is 0 Å². The summed E-state index contributed by atoms with van der Waals surface area (Å²) in [5, 5.41) is 15.3. The summed E-state index contributed by atoms with van der Waals surface area (Å²) in [7, 11) is 0. The number of carbonyl (C=O) groups is 4. The van der Waals surface area contributed by atoms with Crippen molar-refractivity contribution in [2.24, 2.45) is 11.7 Å². The summed E-state index contributed by atoms with van der Waals surface area (Å²) < 4.78 is 63.5. The quantitative estimate of drug-likeness (QED) is 0.378. The van der Waals surface area contributed by atoms with E-state index in [9.17, 15) is 35.9 Å². The number of likely N-dealkylation sites (tertiary alicyclic amines) is 1. The van der Waals surface area contributed by atoms with E-state index in [2.05, 4.69) is 9.97 Å². The van der Waals surface area contributed by atoms with Crippen LogP contribution in [-0.4, -0.2) is 67.7 Å². The molecule has 0 bridgehead atoms. The van der Waals surface area contributed by atoms with Gasteiger partial charge in [-0.15, -0.1) is 0 Å². The minimum atomic E-state index is -5.08. The van der Waals surface area contributed by atoms with Crippen LogP contribution in [-0.2, 0) is 25.7 Å². The Morgan fingerprint density at radius 1 is 1.12 bits per heavy atom. The second kappa shape index (κ2) is 10.6. The Morgan fingerprint density at radius 2 is 1.64 bits per heavy atom. The number of carboxylic acid groups (broad SMARTS) is 2. The second-order valence-corrected chi connectivity index (χ2v) is 6.37. The van der Waals surface area contributed by atoms with Gasteiger partial charge in [0.1, 0.15) is 5.92 Å². The van der Waals surface area contributed by atoms with E-state index in [-0.39, 0.29) is 5.91 Å². The minimum Gasteiger partial charge on any atom is -0.475 e. The normalized spacial score (nSPS) is 15.9. The Balaban J connectivity index is 0.000000324. The SMILES string of the molecule is NC(=O)[C@@H]1CCN(Cc2cc3ccncc3[nH]2)C1=O.O=C(O)C(F)(F)F.O=C(O)C(F)(F)F. The third-order valence-electron chi connectivity index (χ3n) is 3.97. The Morgan fingerprint density at radius 3 is 2.03 bits per heavy atom. The van der Waals surface area contributed by atoms with Crippen molar-refractivity contribution < 1.29 is 55.7 Å². The van der Waals surface area contributed by atoms with Crippen LogP contribution in [0.15, 0.2) is 24.5 Å². The van der Waals surface area contributed by atoms with Crippen molar-refractivity contribution in [1.29, 1.82) is 0 Å². The average Bonchev–Trinajstić information content (AvgIpc) is 3.24. The molecule has 2 amide bonds. The van der Waals surface area contributed by atoms with Gasteiger partial charge in [-0.1, -0.05) is 0 Å². The molecule has 1 atom stereocenters. The van der Waals surface area contributed by atoms with E-state index in [0.717, 1.165) is 16.6 Å². The maximum Gasteiger partial charge on any atom is 0.490 e. The molecule has 0 spiro atoms. The largest absolute Gasteiger partial charge is 0.490 e. The number of aliphatic carboxylic acids is 2. The molecule has 10 nitrogen and oxygen atoms in total. The summed E-state index contributed by atoms with van der Waals surface area (Å²) >= 11 is 0. The molecular formula is C17H16F6N4O6. The number of H-pyrrole nitrogens is 1. The zero-order chi connectivity index (χ0) is 25.6. The number of rotatable bonds is 3. The lowest BCUT2D eigenvalue weighted by molar-refractivity contribution is -0.193. The highest BCUT2D eigenvalue weighted by molar-refractivity contribution is 6.00. The van der Waals surface area contributed by atoms with Crippen LogP contribution in [0.1, 0.15) is 12.1 Å². The molecule has 182 valence electrons. The van der Waals surface area contributed by atoms with Crippen molar-refractivity contribution in [3.05, 3.63) is 30.2 Å². The number of carbonyl (C=O) groups excluding carboxylic acids is 2. The smallest absolute Gasteiger partial charge is 0.475 e. The number of alkyl halides is 6. The molecule has 16 heteroatoms. The molecule has 0 radical (unpaired) electrons. The van der Waals surface area contributed by atoms with Crippen LogP contribution >= 0.6 is 0 Å². The third kappa shape index (κ3) is 8.30. The molecule has 33 heavy (non-hydrogen) atoms. The topological polar surface area (TPSA) is 167 Å². The third-order valence-corrected chi connectivity index (χ3v) is 3.97. The van der Waals surface area contributed by atoms with Gasteiger partial charge in [0.05, 0.1) is 18.3 Å². The van der Waals surface area contributed by atoms with Crippen molar-refractivity contribution in [2.45, 2.75) is 25.3 Å². The predicted octanol–water partition coefficient (Wildman–Crippen LogP) is 1.66. The van der Waals surface area contributed by atoms with E-state index in [1.807, 2.05) is 12.1 Å². The Hall–Kier alpha value is -3.85. The van der Waals surface area contributed by atoms with Crippen LogP contribution in [0.25, 0.3) is 10.9 Å². The molecule has 1 aliphatic heterocycles. The summed E-state index contributed by atoms with van der Waals surface area (Å²) in [6, 6.07) is 3.90. The van der Waals surface area contributed by atoms with Gasteiger partial charge in [-0.25, -0.2) is 9.59 Å². The number of nitrogens with zero attached hydrogens (tertiary/aromatic N) is 2. The number of hydrogen-bond acceptors (Lipinski definition) is 5. The lowest BCUT2D eigenvalue weighted by atomic mass is 10.1. The zero-order valence-electron chi connectivity index (χ0n) is 16.3. The van der Waals surface area contributed by atoms with Crippen LogP contribution in [0.5, 0.6) is 0 Å². The van der Waals surface area contributed by atoms with E-state index >= 15 is 0 Å². The fourth-order valence-corrected chi connectivity index (χ4v) is 2.48. The highest BCUT2D eigenvalue weighted by atomic mass is 19.4.